The van der Waals surface area contributed by atoms with Gasteiger partial charge in [0.25, 0.3) is 0 Å². The number of fused-ring (bicyclic) bond motifs is 4. The Balaban J connectivity index is 2.04. The van der Waals surface area contributed by atoms with E-state index in [0.29, 0.717) is 12.5 Å². The Kier molecular flexibility index (Phi) is 2.74. The van der Waals surface area contributed by atoms with E-state index < -0.39 is 0 Å². The Hall–Kier alpha value is -1.22. The fraction of sp³-hybridized carbons (Fsp3) is 0.600. The van der Waals surface area contributed by atoms with Crippen molar-refractivity contribution in [1.29, 1.82) is 0 Å². The molecule has 1 aliphatic heterocycles. The second-order valence-electron chi connectivity index (χ2n) is 5.76. The van der Waals surface area contributed by atoms with E-state index in [1.165, 1.54) is 5.56 Å². The Morgan fingerprint density at radius 1 is 1.44 bits per heavy atom. The number of hydrogen-bond donors (Lipinski definition) is 1. The summed E-state index contributed by atoms with van der Waals surface area (Å²) >= 11 is 0. The van der Waals surface area contributed by atoms with Gasteiger partial charge in [0, 0.05) is 18.0 Å². The summed E-state index contributed by atoms with van der Waals surface area (Å²) < 4.78 is 11.9. The molecule has 0 amide bonds. The minimum Gasteiger partial charge on any atom is -0.490 e. The molecule has 2 aliphatic rings. The van der Waals surface area contributed by atoms with Crippen LogP contribution in [0.3, 0.4) is 0 Å². The Morgan fingerprint density at radius 2 is 2.28 bits per heavy atom. The maximum atomic E-state index is 6.24. The molecule has 1 aliphatic carbocycles. The zero-order valence-electron chi connectivity index (χ0n) is 11.1. The van der Waals surface area contributed by atoms with Crippen LogP contribution in [0.2, 0.25) is 0 Å². The lowest BCUT2D eigenvalue weighted by atomic mass is 9.71. The maximum absolute atomic E-state index is 6.24. The van der Waals surface area contributed by atoms with Crippen LogP contribution in [0.4, 0.5) is 0 Å². The highest BCUT2D eigenvalue weighted by atomic mass is 16.5. The van der Waals surface area contributed by atoms with Gasteiger partial charge in [0.2, 0.25) is 0 Å². The first-order valence-electron chi connectivity index (χ1n) is 6.81. The van der Waals surface area contributed by atoms with Gasteiger partial charge in [-0.15, -0.1) is 0 Å². The average Bonchev–Trinajstić information content (AvgIpc) is 2.29. The standard InChI is InChI=1S/C15H21NO2/c1-3-17-13-6-4-5-12-10-7-11(16)9-15(2,8-10)18-14(12)13/h4-6,10-11H,3,7-9,16H2,1-2H3. The van der Waals surface area contributed by atoms with E-state index >= 15 is 0 Å². The SMILES string of the molecule is CCOc1cccc2c1OC1(C)CC(N)CC2C1. The Morgan fingerprint density at radius 3 is 3.06 bits per heavy atom. The summed E-state index contributed by atoms with van der Waals surface area (Å²) in [5.41, 5.74) is 7.30. The first-order chi connectivity index (χ1) is 8.61. The maximum Gasteiger partial charge on any atom is 0.165 e. The highest BCUT2D eigenvalue weighted by Gasteiger charge is 2.44. The van der Waals surface area contributed by atoms with Gasteiger partial charge in [-0.3, -0.25) is 0 Å². The van der Waals surface area contributed by atoms with E-state index in [4.69, 9.17) is 15.2 Å². The molecule has 3 atom stereocenters. The van der Waals surface area contributed by atoms with E-state index in [0.717, 1.165) is 30.8 Å². The van der Waals surface area contributed by atoms with Gasteiger partial charge < -0.3 is 15.2 Å². The molecule has 18 heavy (non-hydrogen) atoms. The van der Waals surface area contributed by atoms with Crippen LogP contribution in [0.25, 0.3) is 0 Å². The number of hydrogen-bond acceptors (Lipinski definition) is 3. The molecule has 2 bridgehead atoms. The van der Waals surface area contributed by atoms with Crippen molar-refractivity contribution in [2.75, 3.05) is 6.61 Å². The summed E-state index contributed by atoms with van der Waals surface area (Å²) in [5, 5.41) is 0. The van der Waals surface area contributed by atoms with Gasteiger partial charge in [0.15, 0.2) is 11.5 Å². The second-order valence-corrected chi connectivity index (χ2v) is 5.76. The summed E-state index contributed by atoms with van der Waals surface area (Å²) in [5.74, 6) is 2.34. The zero-order valence-corrected chi connectivity index (χ0v) is 11.1. The van der Waals surface area contributed by atoms with Crippen LogP contribution in [0.15, 0.2) is 18.2 Å². The van der Waals surface area contributed by atoms with Gasteiger partial charge in [-0.25, -0.2) is 0 Å². The fourth-order valence-electron chi connectivity index (χ4n) is 3.49. The number of nitrogens with two attached hydrogens (primary N) is 1. The lowest BCUT2D eigenvalue weighted by Crippen LogP contribution is -2.48. The molecular weight excluding hydrogens is 226 g/mol. The number of ether oxygens (including phenoxy) is 2. The Bertz CT molecular complexity index is 460. The third-order valence-electron chi connectivity index (χ3n) is 4.06. The van der Waals surface area contributed by atoms with E-state index in [2.05, 4.69) is 19.1 Å². The van der Waals surface area contributed by atoms with E-state index in [-0.39, 0.29) is 11.6 Å². The molecule has 0 saturated heterocycles. The highest BCUT2D eigenvalue weighted by Crippen LogP contribution is 2.51. The fourth-order valence-corrected chi connectivity index (χ4v) is 3.49. The van der Waals surface area contributed by atoms with Crippen molar-refractivity contribution in [3.8, 4) is 11.5 Å². The predicted molar refractivity (Wildman–Crippen MR) is 71.2 cm³/mol. The topological polar surface area (TPSA) is 44.5 Å². The molecule has 3 heteroatoms. The molecule has 1 fully saturated rings. The summed E-state index contributed by atoms with van der Waals surface area (Å²) in [6.45, 7) is 4.84. The molecule has 0 spiro atoms. The summed E-state index contributed by atoms with van der Waals surface area (Å²) in [6.07, 6.45) is 3.06. The third-order valence-corrected chi connectivity index (χ3v) is 4.06. The number of benzene rings is 1. The largest absolute Gasteiger partial charge is 0.490 e. The molecule has 1 heterocycles. The van der Waals surface area contributed by atoms with Gasteiger partial charge in [0.1, 0.15) is 5.60 Å². The molecule has 3 nitrogen and oxygen atoms in total. The molecule has 2 N–H and O–H groups in total. The van der Waals surface area contributed by atoms with Gasteiger partial charge in [-0.2, -0.15) is 0 Å². The molecule has 3 unspecified atom stereocenters. The monoisotopic (exact) mass is 247 g/mol. The minimum absolute atomic E-state index is 0.122. The van der Waals surface area contributed by atoms with Crippen molar-refractivity contribution >= 4 is 0 Å². The molecular formula is C15H21NO2. The second kappa shape index (κ2) is 4.16. The van der Waals surface area contributed by atoms with Crippen LogP contribution in [0.5, 0.6) is 11.5 Å². The van der Waals surface area contributed by atoms with E-state index in [1.54, 1.807) is 0 Å². The first-order valence-corrected chi connectivity index (χ1v) is 6.81. The van der Waals surface area contributed by atoms with Gasteiger partial charge in [-0.1, -0.05) is 12.1 Å². The van der Waals surface area contributed by atoms with E-state index in [9.17, 15) is 0 Å². The van der Waals surface area contributed by atoms with Crippen molar-refractivity contribution < 1.29 is 9.47 Å². The van der Waals surface area contributed by atoms with Crippen LogP contribution < -0.4 is 15.2 Å². The molecule has 1 aromatic carbocycles. The lowest BCUT2D eigenvalue weighted by Gasteiger charge is -2.46. The van der Waals surface area contributed by atoms with Crippen LogP contribution in [-0.2, 0) is 0 Å². The molecule has 1 saturated carbocycles. The van der Waals surface area contributed by atoms with Crippen molar-refractivity contribution in [1.82, 2.24) is 0 Å². The molecule has 0 radical (unpaired) electrons. The lowest BCUT2D eigenvalue weighted by molar-refractivity contribution is 0.0107. The highest BCUT2D eigenvalue weighted by molar-refractivity contribution is 5.50. The van der Waals surface area contributed by atoms with Crippen LogP contribution in [0, 0.1) is 0 Å². The predicted octanol–water partition coefficient (Wildman–Crippen LogP) is 2.83. The average molecular weight is 247 g/mol. The number of para-hydroxylation sites is 1. The summed E-state index contributed by atoms with van der Waals surface area (Å²) in [4.78, 5) is 0. The van der Waals surface area contributed by atoms with Gasteiger partial charge in [0.05, 0.1) is 6.61 Å². The van der Waals surface area contributed by atoms with Gasteiger partial charge >= 0.3 is 0 Å². The first kappa shape index (κ1) is 11.8. The summed E-state index contributed by atoms with van der Waals surface area (Å²) in [7, 11) is 0. The van der Waals surface area contributed by atoms with Crippen molar-refractivity contribution in [3.63, 3.8) is 0 Å². The van der Waals surface area contributed by atoms with Crippen LogP contribution in [0.1, 0.15) is 44.6 Å². The third kappa shape index (κ3) is 1.87. The quantitative estimate of drug-likeness (QED) is 0.874. The molecule has 0 aromatic heterocycles. The summed E-state index contributed by atoms with van der Waals surface area (Å²) in [6, 6.07) is 6.45. The molecule has 98 valence electrons. The van der Waals surface area contributed by atoms with Gasteiger partial charge in [-0.05, 0) is 38.7 Å². The number of rotatable bonds is 2. The van der Waals surface area contributed by atoms with E-state index in [1.807, 2.05) is 13.0 Å². The Labute approximate surface area is 108 Å². The van der Waals surface area contributed by atoms with Crippen molar-refractivity contribution in [2.24, 2.45) is 5.73 Å². The normalized spacial score (nSPS) is 33.5. The van der Waals surface area contributed by atoms with Crippen LogP contribution in [-0.4, -0.2) is 18.2 Å². The van der Waals surface area contributed by atoms with Crippen LogP contribution >= 0.6 is 0 Å². The van der Waals surface area contributed by atoms with Crippen molar-refractivity contribution in [2.45, 2.75) is 50.7 Å². The molecule has 1 aromatic rings. The minimum atomic E-state index is -0.122. The smallest absolute Gasteiger partial charge is 0.165 e. The zero-order chi connectivity index (χ0) is 12.8. The molecule has 3 rings (SSSR count). The van der Waals surface area contributed by atoms with Crippen molar-refractivity contribution in [3.05, 3.63) is 23.8 Å².